The number of halogens is 1. The molecule has 0 aliphatic rings. The molecule has 0 radical (unpaired) electrons. The van der Waals surface area contributed by atoms with Crippen LogP contribution in [-0.2, 0) is 0 Å². The van der Waals surface area contributed by atoms with E-state index in [1.54, 1.807) is 0 Å². The number of nitrogens with zero attached hydrogens (tertiary/aromatic N) is 2. The first-order valence-corrected chi connectivity index (χ1v) is 12.4. The van der Waals surface area contributed by atoms with Crippen LogP contribution in [0.15, 0.2) is 120 Å². The van der Waals surface area contributed by atoms with Crippen molar-refractivity contribution in [2.24, 2.45) is 0 Å². The highest BCUT2D eigenvalue weighted by atomic mass is 79.9. The molecule has 0 N–H and O–H groups in total. The van der Waals surface area contributed by atoms with Gasteiger partial charge in [0.15, 0.2) is 0 Å². The highest BCUT2D eigenvalue weighted by Crippen LogP contribution is 2.39. The summed E-state index contributed by atoms with van der Waals surface area (Å²) in [7, 11) is 0. The van der Waals surface area contributed by atoms with Gasteiger partial charge >= 0.3 is 0 Å². The van der Waals surface area contributed by atoms with Gasteiger partial charge in [0.05, 0.1) is 22.4 Å². The van der Waals surface area contributed by atoms with Crippen LogP contribution in [0.2, 0.25) is 0 Å². The molecule has 0 amide bonds. The predicted octanol–water partition coefficient (Wildman–Crippen LogP) is 9.19. The van der Waals surface area contributed by atoms with Crippen LogP contribution in [0.4, 0.5) is 0 Å². The summed E-state index contributed by atoms with van der Waals surface area (Å²) in [5.74, 6) is 0. The maximum absolute atomic E-state index is 5.26. The van der Waals surface area contributed by atoms with Crippen molar-refractivity contribution in [1.82, 2.24) is 9.97 Å². The van der Waals surface area contributed by atoms with Gasteiger partial charge < -0.3 is 0 Å². The fourth-order valence-electron chi connectivity index (χ4n) is 5.01. The molecular formula is C32H19BrN2. The molecule has 0 aliphatic carbocycles. The quantitative estimate of drug-likeness (QED) is 0.171. The van der Waals surface area contributed by atoms with Crippen molar-refractivity contribution < 1.29 is 0 Å². The Morgan fingerprint density at radius 2 is 1.09 bits per heavy atom. The molecule has 0 aliphatic heterocycles. The standard InChI is InChI=1S/C32H19BrN2/c33-27-12-6-11-25-26(27)19-23-9-4-5-10-24(23)30(25)29-18-16-22-14-13-21-15-17-28(20-7-2-1-3-8-20)34-31(21)32(22)35-29/h1-19H. The maximum atomic E-state index is 5.26. The van der Waals surface area contributed by atoms with E-state index in [0.717, 1.165) is 48.8 Å². The average molecular weight is 511 g/mol. The number of rotatable bonds is 2. The number of fused-ring (bicyclic) bond motifs is 5. The third kappa shape index (κ3) is 3.31. The third-order valence-electron chi connectivity index (χ3n) is 6.70. The van der Waals surface area contributed by atoms with Crippen LogP contribution in [-0.4, -0.2) is 9.97 Å². The van der Waals surface area contributed by atoms with Crippen molar-refractivity contribution in [1.29, 1.82) is 0 Å². The summed E-state index contributed by atoms with van der Waals surface area (Å²) in [6.45, 7) is 0. The van der Waals surface area contributed by atoms with Gasteiger partial charge in [0.25, 0.3) is 0 Å². The van der Waals surface area contributed by atoms with E-state index in [4.69, 9.17) is 9.97 Å². The SMILES string of the molecule is Brc1cccc2c(-c3ccc4ccc5ccc(-c6ccccc6)nc5c4n3)c3ccccc3cc12. The van der Waals surface area contributed by atoms with Gasteiger partial charge in [-0.3, -0.25) is 0 Å². The molecule has 2 aromatic heterocycles. The van der Waals surface area contributed by atoms with Crippen LogP contribution in [0.25, 0.3) is 65.9 Å². The topological polar surface area (TPSA) is 25.8 Å². The van der Waals surface area contributed by atoms with E-state index in [0.29, 0.717) is 0 Å². The zero-order valence-corrected chi connectivity index (χ0v) is 20.3. The smallest absolute Gasteiger partial charge is 0.0972 e. The van der Waals surface area contributed by atoms with Crippen molar-refractivity contribution in [3.05, 3.63) is 120 Å². The fourth-order valence-corrected chi connectivity index (χ4v) is 5.49. The van der Waals surface area contributed by atoms with Gasteiger partial charge in [0.2, 0.25) is 0 Å². The zero-order chi connectivity index (χ0) is 23.4. The second-order valence-electron chi connectivity index (χ2n) is 8.78. The highest BCUT2D eigenvalue weighted by molar-refractivity contribution is 9.10. The minimum absolute atomic E-state index is 0.925. The monoisotopic (exact) mass is 510 g/mol. The van der Waals surface area contributed by atoms with Gasteiger partial charge in [0, 0.05) is 26.4 Å². The van der Waals surface area contributed by atoms with Crippen LogP contribution >= 0.6 is 15.9 Å². The van der Waals surface area contributed by atoms with Crippen LogP contribution in [0.1, 0.15) is 0 Å². The van der Waals surface area contributed by atoms with E-state index in [1.807, 2.05) is 18.2 Å². The van der Waals surface area contributed by atoms with Crippen LogP contribution in [0, 0.1) is 0 Å². The van der Waals surface area contributed by atoms with Gasteiger partial charge in [-0.1, -0.05) is 107 Å². The Labute approximate surface area is 211 Å². The summed E-state index contributed by atoms with van der Waals surface area (Å²) in [4.78, 5) is 10.3. The Morgan fingerprint density at radius 1 is 0.457 bits per heavy atom. The molecule has 0 fully saturated rings. The molecule has 35 heavy (non-hydrogen) atoms. The zero-order valence-electron chi connectivity index (χ0n) is 18.7. The third-order valence-corrected chi connectivity index (χ3v) is 7.39. The summed E-state index contributed by atoms with van der Waals surface area (Å²) in [6.07, 6.45) is 0. The minimum atomic E-state index is 0.925. The molecule has 7 aromatic rings. The summed E-state index contributed by atoms with van der Waals surface area (Å²) in [5, 5.41) is 6.94. The first kappa shape index (κ1) is 20.3. The molecule has 2 heterocycles. The summed E-state index contributed by atoms with van der Waals surface area (Å²) in [6, 6.07) is 40.3. The Hall–Kier alpha value is -4.08. The molecule has 0 saturated heterocycles. The molecule has 0 saturated carbocycles. The second-order valence-corrected chi connectivity index (χ2v) is 9.63. The first-order chi connectivity index (χ1) is 17.3. The van der Waals surface area contributed by atoms with Crippen molar-refractivity contribution in [2.75, 3.05) is 0 Å². The molecule has 5 aromatic carbocycles. The molecule has 0 spiro atoms. The Kier molecular flexibility index (Phi) is 4.64. The van der Waals surface area contributed by atoms with Crippen molar-refractivity contribution in [3.8, 4) is 22.5 Å². The second kappa shape index (κ2) is 8.00. The molecule has 0 bridgehead atoms. The molecule has 164 valence electrons. The first-order valence-electron chi connectivity index (χ1n) is 11.6. The Balaban J connectivity index is 1.56. The highest BCUT2D eigenvalue weighted by Gasteiger charge is 2.14. The van der Waals surface area contributed by atoms with Crippen molar-refractivity contribution >= 4 is 59.3 Å². The molecule has 2 nitrogen and oxygen atoms in total. The lowest BCUT2D eigenvalue weighted by Gasteiger charge is -2.13. The predicted molar refractivity (Wildman–Crippen MR) is 151 cm³/mol. The van der Waals surface area contributed by atoms with Gasteiger partial charge in [-0.05, 0) is 45.8 Å². The lowest BCUT2D eigenvalue weighted by atomic mass is 9.94. The van der Waals surface area contributed by atoms with E-state index in [9.17, 15) is 0 Å². The van der Waals surface area contributed by atoms with E-state index < -0.39 is 0 Å². The average Bonchev–Trinajstić information content (AvgIpc) is 2.92. The molecule has 0 atom stereocenters. The summed E-state index contributed by atoms with van der Waals surface area (Å²) in [5.41, 5.74) is 6.02. The van der Waals surface area contributed by atoms with Gasteiger partial charge in [-0.15, -0.1) is 0 Å². The maximum Gasteiger partial charge on any atom is 0.0972 e. The van der Waals surface area contributed by atoms with E-state index in [2.05, 4.69) is 113 Å². The minimum Gasteiger partial charge on any atom is -0.245 e. The number of aromatic nitrogens is 2. The Bertz CT molecular complexity index is 1910. The number of benzene rings is 5. The fraction of sp³-hybridized carbons (Fsp3) is 0. The number of hydrogen-bond acceptors (Lipinski definition) is 2. The normalized spacial score (nSPS) is 11.6. The van der Waals surface area contributed by atoms with Crippen molar-refractivity contribution in [3.63, 3.8) is 0 Å². The number of hydrogen-bond donors (Lipinski definition) is 0. The van der Waals surface area contributed by atoms with Gasteiger partial charge in [-0.2, -0.15) is 0 Å². The molecular weight excluding hydrogens is 492 g/mol. The van der Waals surface area contributed by atoms with E-state index in [1.165, 1.54) is 21.5 Å². The van der Waals surface area contributed by atoms with E-state index >= 15 is 0 Å². The lowest BCUT2D eigenvalue weighted by molar-refractivity contribution is 1.37. The largest absolute Gasteiger partial charge is 0.245 e. The van der Waals surface area contributed by atoms with Crippen LogP contribution in [0.5, 0.6) is 0 Å². The summed E-state index contributed by atoms with van der Waals surface area (Å²) < 4.78 is 1.09. The Morgan fingerprint density at radius 3 is 1.89 bits per heavy atom. The van der Waals surface area contributed by atoms with Crippen LogP contribution < -0.4 is 0 Å². The van der Waals surface area contributed by atoms with E-state index in [-0.39, 0.29) is 0 Å². The summed E-state index contributed by atoms with van der Waals surface area (Å²) >= 11 is 3.76. The van der Waals surface area contributed by atoms with Gasteiger partial charge in [0.1, 0.15) is 0 Å². The number of pyridine rings is 2. The molecule has 0 unspecified atom stereocenters. The molecule has 7 rings (SSSR count). The molecule has 3 heteroatoms. The van der Waals surface area contributed by atoms with Crippen LogP contribution in [0.3, 0.4) is 0 Å². The van der Waals surface area contributed by atoms with Crippen molar-refractivity contribution in [2.45, 2.75) is 0 Å². The lowest BCUT2D eigenvalue weighted by Crippen LogP contribution is -1.92. The van der Waals surface area contributed by atoms with Gasteiger partial charge in [-0.25, -0.2) is 9.97 Å².